The van der Waals surface area contributed by atoms with Crippen LogP contribution in [0.4, 0.5) is 11.4 Å². The summed E-state index contributed by atoms with van der Waals surface area (Å²) in [5, 5.41) is 7.04. The van der Waals surface area contributed by atoms with E-state index in [2.05, 4.69) is 26.3 Å². The normalized spacial score (nSPS) is 12.5. The summed E-state index contributed by atoms with van der Waals surface area (Å²) in [7, 11) is 0. The first-order valence-corrected chi connectivity index (χ1v) is 10.8. The summed E-state index contributed by atoms with van der Waals surface area (Å²) in [5.74, 6) is -0.504. The number of hydrogen-bond acceptors (Lipinski definition) is 4. The van der Waals surface area contributed by atoms with Gasteiger partial charge in [0, 0.05) is 29.2 Å². The average Bonchev–Trinajstić information content (AvgIpc) is 3.19. The number of carbonyl (C=O) groups excluding carboxylic acids is 2. The maximum Gasteiger partial charge on any atom is 0.278 e. The van der Waals surface area contributed by atoms with Crippen LogP contribution in [0.15, 0.2) is 63.9 Å². The molecule has 0 saturated heterocycles. The Balaban J connectivity index is 1.45. The molecule has 2 aromatic carbocycles. The van der Waals surface area contributed by atoms with Gasteiger partial charge in [0.05, 0.1) is 12.2 Å². The third-order valence-corrected chi connectivity index (χ3v) is 5.82. The lowest BCUT2D eigenvalue weighted by Crippen LogP contribution is -2.33. The van der Waals surface area contributed by atoms with Crippen LogP contribution in [-0.2, 0) is 17.8 Å². The number of fused-ring (bicyclic) bond motifs is 1. The van der Waals surface area contributed by atoms with Crippen LogP contribution in [0.25, 0.3) is 0 Å². The molecule has 158 valence electrons. The summed E-state index contributed by atoms with van der Waals surface area (Å²) in [6.45, 7) is 2.61. The quantitative estimate of drug-likeness (QED) is 0.604. The van der Waals surface area contributed by atoms with E-state index in [-0.39, 0.29) is 36.0 Å². The number of halogens is 1. The second-order valence-electron chi connectivity index (χ2n) is 7.40. The second-order valence-corrected chi connectivity index (χ2v) is 8.25. The zero-order valence-electron chi connectivity index (χ0n) is 17.0. The summed E-state index contributed by atoms with van der Waals surface area (Å²) in [6, 6.07) is 16.1. The molecule has 0 bridgehead atoms. The van der Waals surface area contributed by atoms with Crippen molar-refractivity contribution in [3.63, 3.8) is 0 Å². The van der Waals surface area contributed by atoms with Gasteiger partial charge in [0.25, 0.3) is 11.5 Å². The van der Waals surface area contributed by atoms with Crippen molar-refractivity contribution < 1.29 is 9.59 Å². The Hall–Kier alpha value is -3.26. The molecule has 4 rings (SSSR count). The van der Waals surface area contributed by atoms with Gasteiger partial charge in [0.1, 0.15) is 5.69 Å². The fraction of sp³-hybridized carbons (Fsp3) is 0.217. The summed E-state index contributed by atoms with van der Waals surface area (Å²) < 4.78 is 1.95. The summed E-state index contributed by atoms with van der Waals surface area (Å²) in [5.41, 5.74) is 3.54. The lowest BCUT2D eigenvalue weighted by Gasteiger charge is -2.17. The number of aryl methyl sites for hydroxylation is 2. The van der Waals surface area contributed by atoms with Gasteiger partial charge in [-0.2, -0.15) is 5.10 Å². The molecule has 1 aliphatic heterocycles. The minimum atomic E-state index is -0.359. The maximum atomic E-state index is 13.0. The topological polar surface area (TPSA) is 84.3 Å². The molecule has 0 radical (unpaired) electrons. The number of rotatable bonds is 5. The van der Waals surface area contributed by atoms with Crippen LogP contribution in [0.3, 0.4) is 0 Å². The number of carbonyl (C=O) groups is 2. The van der Waals surface area contributed by atoms with Crippen LogP contribution in [0, 0.1) is 6.92 Å². The minimum Gasteiger partial charge on any atom is -0.325 e. The molecule has 8 heteroatoms. The lowest BCUT2D eigenvalue weighted by atomic mass is 10.2. The minimum absolute atomic E-state index is 0.0530. The third-order valence-electron chi connectivity index (χ3n) is 5.17. The Labute approximate surface area is 187 Å². The molecule has 31 heavy (non-hydrogen) atoms. The summed E-state index contributed by atoms with van der Waals surface area (Å²) in [4.78, 5) is 39.2. The number of nitrogens with zero attached hydrogens (tertiary/aromatic N) is 3. The third kappa shape index (κ3) is 4.59. The van der Waals surface area contributed by atoms with Crippen LogP contribution >= 0.6 is 15.9 Å². The van der Waals surface area contributed by atoms with Crippen molar-refractivity contribution >= 4 is 39.1 Å². The van der Waals surface area contributed by atoms with E-state index in [1.54, 1.807) is 4.90 Å². The van der Waals surface area contributed by atoms with Gasteiger partial charge in [0.2, 0.25) is 5.91 Å². The Morgan fingerprint density at radius 3 is 2.74 bits per heavy atom. The molecule has 2 heterocycles. The van der Waals surface area contributed by atoms with Gasteiger partial charge in [-0.25, -0.2) is 4.68 Å². The molecule has 2 amide bonds. The number of amides is 2. The largest absolute Gasteiger partial charge is 0.325 e. The van der Waals surface area contributed by atoms with Gasteiger partial charge in [-0.1, -0.05) is 24.3 Å². The zero-order chi connectivity index (χ0) is 22.0. The molecule has 0 unspecified atom stereocenters. The number of aromatic nitrogens is 2. The summed E-state index contributed by atoms with van der Waals surface area (Å²) >= 11 is 3.43. The van der Waals surface area contributed by atoms with E-state index >= 15 is 0 Å². The number of para-hydroxylation sites is 1. The smallest absolute Gasteiger partial charge is 0.278 e. The van der Waals surface area contributed by atoms with Crippen molar-refractivity contribution in [2.45, 2.75) is 26.3 Å². The average molecular weight is 481 g/mol. The first-order valence-electron chi connectivity index (χ1n) is 9.96. The molecule has 0 atom stereocenters. The van der Waals surface area contributed by atoms with Gasteiger partial charge in [0.15, 0.2) is 0 Å². The monoisotopic (exact) mass is 480 g/mol. The molecule has 0 spiro atoms. The number of benzene rings is 2. The van der Waals surface area contributed by atoms with E-state index < -0.39 is 0 Å². The van der Waals surface area contributed by atoms with E-state index in [1.807, 2.05) is 49.4 Å². The molecule has 1 aliphatic rings. The van der Waals surface area contributed by atoms with Gasteiger partial charge in [-0.15, -0.1) is 0 Å². The lowest BCUT2D eigenvalue weighted by molar-refractivity contribution is -0.116. The molecule has 1 N–H and O–H groups in total. The second kappa shape index (κ2) is 8.85. The van der Waals surface area contributed by atoms with Crippen molar-refractivity contribution in [1.29, 1.82) is 0 Å². The van der Waals surface area contributed by atoms with Crippen LogP contribution in [-0.4, -0.2) is 28.1 Å². The van der Waals surface area contributed by atoms with Crippen molar-refractivity contribution in [1.82, 2.24) is 9.78 Å². The Kier molecular flexibility index (Phi) is 5.99. The van der Waals surface area contributed by atoms with Gasteiger partial charge in [-0.3, -0.25) is 14.4 Å². The van der Waals surface area contributed by atoms with E-state index in [1.165, 1.54) is 16.8 Å². The standard InChI is InChI=1S/C23H21BrN4O3/c1-15-6-7-18(17(24)14-15)25-21(29)11-13-28-22(30)9-8-19(26-28)23(31)27-12-10-16-4-2-3-5-20(16)27/h2-9,14H,10-13H2,1H3,(H,25,29). The predicted octanol–water partition coefficient (Wildman–Crippen LogP) is 3.55. The SMILES string of the molecule is Cc1ccc(NC(=O)CCn2nc(C(=O)N3CCc4ccccc43)ccc2=O)c(Br)c1. The molecule has 0 aliphatic carbocycles. The molecule has 1 aromatic heterocycles. The Bertz CT molecular complexity index is 1220. The molecule has 3 aromatic rings. The molecular formula is C23H21BrN4O3. The van der Waals surface area contributed by atoms with E-state index in [0.29, 0.717) is 12.2 Å². The molecule has 0 fully saturated rings. The van der Waals surface area contributed by atoms with Gasteiger partial charge in [-0.05, 0) is 64.7 Å². The van der Waals surface area contributed by atoms with Crippen LogP contribution < -0.4 is 15.8 Å². The Morgan fingerprint density at radius 2 is 1.94 bits per heavy atom. The highest BCUT2D eigenvalue weighted by atomic mass is 79.9. The highest BCUT2D eigenvalue weighted by Gasteiger charge is 2.26. The van der Waals surface area contributed by atoms with Crippen LogP contribution in [0.1, 0.15) is 28.0 Å². The van der Waals surface area contributed by atoms with Gasteiger partial charge >= 0.3 is 0 Å². The number of nitrogens with one attached hydrogen (secondary N) is 1. The fourth-order valence-corrected chi connectivity index (χ4v) is 4.14. The highest BCUT2D eigenvalue weighted by molar-refractivity contribution is 9.10. The summed E-state index contributed by atoms with van der Waals surface area (Å²) in [6.07, 6.45) is 0.841. The van der Waals surface area contributed by atoms with E-state index in [9.17, 15) is 14.4 Å². The molecule has 7 nitrogen and oxygen atoms in total. The first-order chi connectivity index (χ1) is 14.9. The van der Waals surface area contributed by atoms with E-state index in [0.717, 1.165) is 27.7 Å². The van der Waals surface area contributed by atoms with Gasteiger partial charge < -0.3 is 10.2 Å². The van der Waals surface area contributed by atoms with Crippen molar-refractivity contribution in [3.8, 4) is 0 Å². The Morgan fingerprint density at radius 1 is 1.13 bits per heavy atom. The highest BCUT2D eigenvalue weighted by Crippen LogP contribution is 2.28. The predicted molar refractivity (Wildman–Crippen MR) is 122 cm³/mol. The van der Waals surface area contributed by atoms with Crippen molar-refractivity contribution in [2.75, 3.05) is 16.8 Å². The molecular weight excluding hydrogens is 460 g/mol. The van der Waals surface area contributed by atoms with Crippen LogP contribution in [0.5, 0.6) is 0 Å². The molecule has 0 saturated carbocycles. The number of hydrogen-bond donors (Lipinski definition) is 1. The van der Waals surface area contributed by atoms with E-state index in [4.69, 9.17) is 0 Å². The zero-order valence-corrected chi connectivity index (χ0v) is 18.6. The number of anilines is 2. The van der Waals surface area contributed by atoms with Crippen molar-refractivity contribution in [2.24, 2.45) is 0 Å². The fourth-order valence-electron chi connectivity index (χ4n) is 3.55. The van der Waals surface area contributed by atoms with Crippen molar-refractivity contribution in [3.05, 3.63) is 86.2 Å². The first kappa shape index (κ1) is 21.0. The maximum absolute atomic E-state index is 13.0. The van der Waals surface area contributed by atoms with Crippen LogP contribution in [0.2, 0.25) is 0 Å².